The van der Waals surface area contributed by atoms with Gasteiger partial charge in [-0.2, -0.15) is 0 Å². The van der Waals surface area contributed by atoms with E-state index in [4.69, 9.17) is 4.42 Å². The first-order chi connectivity index (χ1) is 8.17. The zero-order chi connectivity index (χ0) is 11.9. The van der Waals surface area contributed by atoms with E-state index in [1.165, 1.54) is 5.39 Å². The highest BCUT2D eigenvalue weighted by Crippen LogP contribution is 2.36. The van der Waals surface area contributed by atoms with Crippen molar-refractivity contribution in [3.05, 3.63) is 34.5 Å². The van der Waals surface area contributed by atoms with Crippen molar-refractivity contribution in [1.82, 2.24) is 5.32 Å². The van der Waals surface area contributed by atoms with E-state index in [2.05, 4.69) is 40.3 Å². The molecule has 3 rings (SSSR count). The van der Waals surface area contributed by atoms with E-state index in [9.17, 15) is 0 Å². The van der Waals surface area contributed by atoms with Crippen LogP contribution in [-0.4, -0.2) is 13.1 Å². The smallest absolute Gasteiger partial charge is 0.134 e. The molecule has 0 spiro atoms. The van der Waals surface area contributed by atoms with Crippen LogP contribution in [0.4, 0.5) is 0 Å². The Hall–Kier alpha value is -0.800. The maximum atomic E-state index is 6.02. The Bertz CT molecular complexity index is 540. The molecule has 1 aliphatic heterocycles. The van der Waals surface area contributed by atoms with Crippen LogP contribution in [-0.2, 0) is 5.41 Å². The summed E-state index contributed by atoms with van der Waals surface area (Å²) in [5.41, 5.74) is 1.18. The van der Waals surface area contributed by atoms with Gasteiger partial charge in [0, 0.05) is 15.3 Å². The molecule has 0 bridgehead atoms. The van der Waals surface area contributed by atoms with Gasteiger partial charge in [0.15, 0.2) is 0 Å². The Morgan fingerprint density at radius 1 is 1.24 bits per heavy atom. The van der Waals surface area contributed by atoms with Gasteiger partial charge < -0.3 is 9.73 Å². The minimum absolute atomic E-state index is 0.191. The molecule has 0 saturated carbocycles. The summed E-state index contributed by atoms with van der Waals surface area (Å²) >= 11 is 3.50. The molecule has 2 aromatic rings. The van der Waals surface area contributed by atoms with Crippen LogP contribution in [0.5, 0.6) is 0 Å². The monoisotopic (exact) mass is 293 g/mol. The predicted molar refractivity (Wildman–Crippen MR) is 73.4 cm³/mol. The number of hydrogen-bond donors (Lipinski definition) is 1. The molecule has 1 aromatic heterocycles. The average Bonchev–Trinajstić information content (AvgIpc) is 2.73. The summed E-state index contributed by atoms with van der Waals surface area (Å²) in [6.45, 7) is 4.47. The van der Waals surface area contributed by atoms with E-state index >= 15 is 0 Å². The summed E-state index contributed by atoms with van der Waals surface area (Å²) < 4.78 is 7.12. The number of furan rings is 1. The van der Waals surface area contributed by atoms with Crippen molar-refractivity contribution in [1.29, 1.82) is 0 Å². The fourth-order valence-corrected chi connectivity index (χ4v) is 2.92. The lowest BCUT2D eigenvalue weighted by Gasteiger charge is -2.31. The van der Waals surface area contributed by atoms with Crippen molar-refractivity contribution in [3.63, 3.8) is 0 Å². The van der Waals surface area contributed by atoms with E-state index in [1.54, 1.807) is 0 Å². The van der Waals surface area contributed by atoms with Crippen LogP contribution < -0.4 is 5.32 Å². The molecular weight excluding hydrogens is 278 g/mol. The van der Waals surface area contributed by atoms with Gasteiger partial charge in [-0.1, -0.05) is 22.9 Å². The molecule has 0 radical (unpaired) electrons. The van der Waals surface area contributed by atoms with Crippen molar-refractivity contribution in [2.45, 2.75) is 25.2 Å². The van der Waals surface area contributed by atoms with Gasteiger partial charge >= 0.3 is 0 Å². The lowest BCUT2D eigenvalue weighted by Crippen LogP contribution is -2.37. The largest absolute Gasteiger partial charge is 0.460 e. The molecule has 1 saturated heterocycles. The van der Waals surface area contributed by atoms with Crippen molar-refractivity contribution < 1.29 is 4.42 Å². The number of hydrogen-bond acceptors (Lipinski definition) is 2. The quantitative estimate of drug-likeness (QED) is 0.864. The molecule has 2 nitrogen and oxygen atoms in total. The van der Waals surface area contributed by atoms with Crippen LogP contribution in [0.25, 0.3) is 11.0 Å². The van der Waals surface area contributed by atoms with Crippen LogP contribution in [0.3, 0.4) is 0 Å². The van der Waals surface area contributed by atoms with Crippen LogP contribution in [0.2, 0.25) is 0 Å². The highest BCUT2D eigenvalue weighted by atomic mass is 79.9. The molecule has 0 amide bonds. The third-order valence-corrected chi connectivity index (χ3v) is 4.27. The standard InChI is InChI=1S/C14H16BrNO/c1-14(4-6-16-7-5-14)13-9-10-8-11(15)2-3-12(10)17-13/h2-3,8-9,16H,4-7H2,1H3. The normalized spacial score (nSPS) is 19.6. The molecule has 0 unspecified atom stereocenters. The fourth-order valence-electron chi connectivity index (χ4n) is 2.54. The second-order valence-electron chi connectivity index (χ2n) is 5.10. The SMILES string of the molecule is CC1(c2cc3cc(Br)ccc3o2)CCNCC1. The van der Waals surface area contributed by atoms with Crippen molar-refractivity contribution in [2.24, 2.45) is 0 Å². The first-order valence-corrected chi connectivity index (χ1v) is 6.87. The van der Waals surface area contributed by atoms with Gasteiger partial charge in [-0.05, 0) is 50.2 Å². The third kappa shape index (κ3) is 2.02. The minimum Gasteiger partial charge on any atom is -0.460 e. The number of benzene rings is 1. The van der Waals surface area contributed by atoms with Crippen molar-refractivity contribution in [3.8, 4) is 0 Å². The first kappa shape index (κ1) is 11.3. The van der Waals surface area contributed by atoms with Crippen LogP contribution in [0.1, 0.15) is 25.5 Å². The van der Waals surface area contributed by atoms with Crippen molar-refractivity contribution >= 4 is 26.9 Å². The molecule has 0 aliphatic carbocycles. The molecule has 1 fully saturated rings. The third-order valence-electron chi connectivity index (χ3n) is 3.78. The zero-order valence-electron chi connectivity index (χ0n) is 9.92. The Morgan fingerprint density at radius 3 is 2.76 bits per heavy atom. The van der Waals surface area contributed by atoms with Gasteiger partial charge in [0.1, 0.15) is 11.3 Å². The molecule has 0 atom stereocenters. The van der Waals surface area contributed by atoms with E-state index in [-0.39, 0.29) is 5.41 Å². The Kier molecular flexibility index (Phi) is 2.75. The predicted octanol–water partition coefficient (Wildman–Crippen LogP) is 3.84. The van der Waals surface area contributed by atoms with E-state index < -0.39 is 0 Å². The topological polar surface area (TPSA) is 25.2 Å². The molecule has 1 aliphatic rings. The molecule has 3 heteroatoms. The summed E-state index contributed by atoms with van der Waals surface area (Å²) in [6, 6.07) is 8.38. The van der Waals surface area contributed by atoms with Gasteiger partial charge in [0.05, 0.1) is 0 Å². The number of nitrogens with one attached hydrogen (secondary N) is 1. The van der Waals surface area contributed by atoms with Gasteiger partial charge in [0.2, 0.25) is 0 Å². The lowest BCUT2D eigenvalue weighted by molar-refractivity contribution is 0.285. The van der Waals surface area contributed by atoms with Gasteiger partial charge in [-0.3, -0.25) is 0 Å². The highest BCUT2D eigenvalue weighted by Gasteiger charge is 2.31. The zero-order valence-corrected chi connectivity index (χ0v) is 11.5. The maximum Gasteiger partial charge on any atom is 0.134 e. The number of piperidine rings is 1. The lowest BCUT2D eigenvalue weighted by atomic mass is 9.79. The van der Waals surface area contributed by atoms with Crippen molar-refractivity contribution in [2.75, 3.05) is 13.1 Å². The molecule has 1 N–H and O–H groups in total. The highest BCUT2D eigenvalue weighted by molar-refractivity contribution is 9.10. The van der Waals surface area contributed by atoms with Crippen LogP contribution in [0.15, 0.2) is 33.2 Å². The first-order valence-electron chi connectivity index (χ1n) is 6.08. The summed E-state index contributed by atoms with van der Waals surface area (Å²) in [5.74, 6) is 1.13. The fraction of sp³-hybridized carbons (Fsp3) is 0.429. The van der Waals surface area contributed by atoms with Crippen LogP contribution >= 0.6 is 15.9 Å². The Labute approximate surface area is 110 Å². The molecule has 1 aromatic carbocycles. The maximum absolute atomic E-state index is 6.02. The van der Waals surface area contributed by atoms with Gasteiger partial charge in [-0.15, -0.1) is 0 Å². The van der Waals surface area contributed by atoms with Gasteiger partial charge in [0.25, 0.3) is 0 Å². The van der Waals surface area contributed by atoms with Crippen LogP contribution in [0, 0.1) is 0 Å². The molecular formula is C14H16BrNO. The molecule has 17 heavy (non-hydrogen) atoms. The van der Waals surface area contributed by atoms with E-state index in [0.29, 0.717) is 0 Å². The average molecular weight is 294 g/mol. The van der Waals surface area contributed by atoms with E-state index in [0.717, 1.165) is 41.7 Å². The Morgan fingerprint density at radius 2 is 2.00 bits per heavy atom. The second kappa shape index (κ2) is 4.14. The number of rotatable bonds is 1. The molecule has 90 valence electrons. The van der Waals surface area contributed by atoms with E-state index in [1.807, 2.05) is 12.1 Å². The summed E-state index contributed by atoms with van der Waals surface area (Å²) in [6.07, 6.45) is 2.29. The van der Waals surface area contributed by atoms with Gasteiger partial charge in [-0.25, -0.2) is 0 Å². The Balaban J connectivity index is 2.05. The second-order valence-corrected chi connectivity index (χ2v) is 6.02. The summed E-state index contributed by atoms with van der Waals surface area (Å²) in [4.78, 5) is 0. The minimum atomic E-state index is 0.191. The number of fused-ring (bicyclic) bond motifs is 1. The summed E-state index contributed by atoms with van der Waals surface area (Å²) in [5, 5.41) is 4.59. The molecule has 2 heterocycles. The number of halogens is 1. The summed E-state index contributed by atoms with van der Waals surface area (Å²) in [7, 11) is 0.